The summed E-state index contributed by atoms with van der Waals surface area (Å²) in [5.74, 6) is -0.606. The van der Waals surface area contributed by atoms with E-state index in [2.05, 4.69) is 15.5 Å². The lowest BCUT2D eigenvalue weighted by Gasteiger charge is -2.24. The van der Waals surface area contributed by atoms with Crippen LogP contribution in [0.25, 0.3) is 10.6 Å². The number of rotatable bonds is 4. The molecule has 3 aromatic rings. The van der Waals surface area contributed by atoms with E-state index in [-0.39, 0.29) is 16.8 Å². The van der Waals surface area contributed by atoms with E-state index in [0.717, 1.165) is 12.0 Å². The number of hydrogen-bond donors (Lipinski definition) is 1. The van der Waals surface area contributed by atoms with E-state index in [9.17, 15) is 9.59 Å². The average Bonchev–Trinajstić information content (AvgIpc) is 3.37. The van der Waals surface area contributed by atoms with Crippen LogP contribution in [0.3, 0.4) is 0 Å². The lowest BCUT2D eigenvalue weighted by Crippen LogP contribution is -2.43. The topological polar surface area (TPSA) is 75.2 Å². The predicted molar refractivity (Wildman–Crippen MR) is 120 cm³/mol. The Balaban J connectivity index is 1.48. The van der Waals surface area contributed by atoms with Gasteiger partial charge in [0, 0.05) is 22.2 Å². The third-order valence-electron chi connectivity index (χ3n) is 4.70. The molecule has 1 aliphatic heterocycles. The van der Waals surface area contributed by atoms with Crippen molar-refractivity contribution in [2.24, 2.45) is 0 Å². The van der Waals surface area contributed by atoms with E-state index in [4.69, 9.17) is 34.8 Å². The Bertz CT molecular complexity index is 1120. The van der Waals surface area contributed by atoms with Crippen molar-refractivity contribution in [1.29, 1.82) is 0 Å². The summed E-state index contributed by atoms with van der Waals surface area (Å²) in [5.41, 5.74) is 1.13. The van der Waals surface area contributed by atoms with Gasteiger partial charge in [0.05, 0.1) is 10.6 Å². The van der Waals surface area contributed by atoms with Gasteiger partial charge in [0.15, 0.2) is 0 Å². The van der Waals surface area contributed by atoms with Crippen LogP contribution < -0.4 is 5.32 Å². The van der Waals surface area contributed by atoms with Crippen molar-refractivity contribution in [1.82, 2.24) is 15.1 Å². The van der Waals surface area contributed by atoms with Crippen LogP contribution in [0.2, 0.25) is 15.1 Å². The summed E-state index contributed by atoms with van der Waals surface area (Å²) >= 11 is 19.3. The van der Waals surface area contributed by atoms with Crippen molar-refractivity contribution in [2.75, 3.05) is 11.9 Å². The average molecular weight is 482 g/mol. The highest BCUT2D eigenvalue weighted by atomic mass is 35.5. The second-order valence-corrected chi connectivity index (χ2v) is 8.95. The zero-order chi connectivity index (χ0) is 21.3. The molecule has 1 aromatic heterocycles. The molecule has 0 spiro atoms. The summed E-state index contributed by atoms with van der Waals surface area (Å²) < 4.78 is 0. The predicted octanol–water partition coefficient (Wildman–Crippen LogP) is 5.41. The third kappa shape index (κ3) is 4.44. The number of benzene rings is 2. The summed E-state index contributed by atoms with van der Waals surface area (Å²) in [6, 6.07) is 11.3. The minimum Gasteiger partial charge on any atom is -0.327 e. The van der Waals surface area contributed by atoms with Crippen LogP contribution >= 0.6 is 46.1 Å². The molecule has 1 atom stereocenters. The van der Waals surface area contributed by atoms with Crippen molar-refractivity contribution in [2.45, 2.75) is 18.9 Å². The maximum Gasteiger partial charge on any atom is 0.256 e. The first-order valence-corrected chi connectivity index (χ1v) is 11.0. The van der Waals surface area contributed by atoms with Crippen LogP contribution in [0.5, 0.6) is 0 Å². The van der Waals surface area contributed by atoms with Gasteiger partial charge in [0.1, 0.15) is 11.0 Å². The highest BCUT2D eigenvalue weighted by molar-refractivity contribution is 7.18. The molecule has 2 aromatic carbocycles. The van der Waals surface area contributed by atoms with Gasteiger partial charge in [0.25, 0.3) is 5.91 Å². The summed E-state index contributed by atoms with van der Waals surface area (Å²) in [5, 5.41) is 13.2. The first-order valence-electron chi connectivity index (χ1n) is 9.09. The zero-order valence-corrected chi connectivity index (χ0v) is 18.5. The fourth-order valence-corrected chi connectivity index (χ4v) is 4.72. The van der Waals surface area contributed by atoms with Gasteiger partial charge in [0.2, 0.25) is 11.0 Å². The minimum absolute atomic E-state index is 0.258. The van der Waals surface area contributed by atoms with Gasteiger partial charge in [-0.1, -0.05) is 58.3 Å². The molecule has 1 saturated heterocycles. The number of anilines is 1. The normalized spacial score (nSPS) is 16.0. The van der Waals surface area contributed by atoms with Crippen molar-refractivity contribution < 1.29 is 9.59 Å². The van der Waals surface area contributed by atoms with Crippen molar-refractivity contribution in [3.8, 4) is 10.6 Å². The molecule has 0 bridgehead atoms. The van der Waals surface area contributed by atoms with Gasteiger partial charge in [-0.15, -0.1) is 10.2 Å². The van der Waals surface area contributed by atoms with Gasteiger partial charge in [-0.05, 0) is 43.2 Å². The lowest BCUT2D eigenvalue weighted by molar-refractivity contribution is -0.119. The molecule has 4 rings (SSSR count). The van der Waals surface area contributed by atoms with E-state index >= 15 is 0 Å². The Hall–Kier alpha value is -2.19. The highest BCUT2D eigenvalue weighted by Crippen LogP contribution is 2.30. The van der Waals surface area contributed by atoms with E-state index in [1.807, 2.05) is 12.1 Å². The van der Waals surface area contributed by atoms with Crippen molar-refractivity contribution >= 4 is 63.1 Å². The summed E-state index contributed by atoms with van der Waals surface area (Å²) in [6.07, 6.45) is 1.28. The molecule has 1 unspecified atom stereocenters. The number of amides is 2. The molecule has 2 heterocycles. The fourth-order valence-electron chi connectivity index (χ4n) is 3.30. The van der Waals surface area contributed by atoms with Crippen LogP contribution in [-0.4, -0.2) is 39.5 Å². The Morgan fingerprint density at radius 3 is 2.63 bits per heavy atom. The van der Waals surface area contributed by atoms with E-state index in [1.165, 1.54) is 22.3 Å². The molecule has 0 radical (unpaired) electrons. The van der Waals surface area contributed by atoms with Gasteiger partial charge in [-0.2, -0.15) is 0 Å². The van der Waals surface area contributed by atoms with Gasteiger partial charge in [-0.3, -0.25) is 14.9 Å². The van der Waals surface area contributed by atoms with Crippen molar-refractivity contribution in [3.63, 3.8) is 0 Å². The van der Waals surface area contributed by atoms with Gasteiger partial charge in [-0.25, -0.2) is 0 Å². The monoisotopic (exact) mass is 480 g/mol. The van der Waals surface area contributed by atoms with Crippen LogP contribution in [0, 0.1) is 0 Å². The minimum atomic E-state index is -0.609. The molecule has 30 heavy (non-hydrogen) atoms. The smallest absolute Gasteiger partial charge is 0.256 e. The van der Waals surface area contributed by atoms with Crippen LogP contribution in [0.1, 0.15) is 23.2 Å². The molecule has 1 fully saturated rings. The number of halogens is 3. The maximum absolute atomic E-state index is 12.9. The number of likely N-dealkylation sites (tertiary alicyclic amines) is 1. The number of carbonyl (C=O) groups excluding carboxylic acids is 2. The molecular weight excluding hydrogens is 467 g/mol. The quantitative estimate of drug-likeness (QED) is 0.541. The number of hydrogen-bond acceptors (Lipinski definition) is 5. The van der Waals surface area contributed by atoms with Crippen molar-refractivity contribution in [3.05, 3.63) is 63.1 Å². The Kier molecular flexibility index (Phi) is 6.24. The Labute approximate surface area is 191 Å². The summed E-state index contributed by atoms with van der Waals surface area (Å²) in [4.78, 5) is 27.3. The van der Waals surface area contributed by atoms with Crippen LogP contribution in [-0.2, 0) is 4.79 Å². The molecule has 0 saturated carbocycles. The van der Waals surface area contributed by atoms with Gasteiger partial charge >= 0.3 is 0 Å². The number of nitrogens with zero attached hydrogens (tertiary/aromatic N) is 3. The standard InChI is InChI=1S/C20H15Cl3N4O2S/c21-12-4-1-3-11(9-12)18-25-26-20(30-18)24-17(28)16-5-2-8-27(16)19(29)14-7-6-13(22)10-15(14)23/h1,3-4,6-7,9-10,16H,2,5,8H2,(H,24,26,28). The number of carbonyl (C=O) groups is 2. The first kappa shape index (κ1) is 21.1. The van der Waals surface area contributed by atoms with E-state index in [1.54, 1.807) is 24.3 Å². The Morgan fingerprint density at radius 1 is 1.07 bits per heavy atom. The van der Waals surface area contributed by atoms with Gasteiger partial charge < -0.3 is 4.90 Å². The first-order chi connectivity index (χ1) is 14.4. The number of aromatic nitrogens is 2. The zero-order valence-electron chi connectivity index (χ0n) is 15.4. The number of nitrogens with one attached hydrogen (secondary N) is 1. The second kappa shape index (κ2) is 8.89. The highest BCUT2D eigenvalue weighted by Gasteiger charge is 2.35. The molecule has 0 aliphatic carbocycles. The lowest BCUT2D eigenvalue weighted by atomic mass is 10.1. The Morgan fingerprint density at radius 2 is 1.87 bits per heavy atom. The molecule has 6 nitrogen and oxygen atoms in total. The molecule has 10 heteroatoms. The molecule has 1 aliphatic rings. The molecule has 1 N–H and O–H groups in total. The summed E-state index contributed by atoms with van der Waals surface area (Å²) in [7, 11) is 0. The molecule has 2 amide bonds. The van der Waals surface area contributed by atoms with E-state index < -0.39 is 6.04 Å². The van der Waals surface area contributed by atoms with E-state index in [0.29, 0.717) is 38.7 Å². The third-order valence-corrected chi connectivity index (χ3v) is 6.38. The largest absolute Gasteiger partial charge is 0.327 e. The van der Waals surface area contributed by atoms with Crippen LogP contribution in [0.4, 0.5) is 5.13 Å². The summed E-state index contributed by atoms with van der Waals surface area (Å²) in [6.45, 7) is 0.472. The fraction of sp³-hybridized carbons (Fsp3) is 0.200. The molecule has 154 valence electrons. The second-order valence-electron chi connectivity index (χ2n) is 6.69. The maximum atomic E-state index is 12.9. The molecular formula is C20H15Cl3N4O2S. The SMILES string of the molecule is O=C(Nc1nnc(-c2cccc(Cl)c2)s1)C1CCCN1C(=O)c1ccc(Cl)cc1Cl. The van der Waals surface area contributed by atoms with Crippen LogP contribution in [0.15, 0.2) is 42.5 Å².